The topological polar surface area (TPSA) is 64.6 Å². The average Bonchev–Trinajstić information content (AvgIpc) is 3.02. The lowest BCUT2D eigenvalue weighted by atomic mass is 10.1. The fraction of sp³-hybridized carbons (Fsp3) is 0.556. The number of hydrogen-bond acceptors (Lipinski definition) is 4. The first-order valence-corrected chi connectivity index (χ1v) is 8.30. The highest BCUT2D eigenvalue weighted by atomic mass is 16.5. The highest BCUT2D eigenvalue weighted by Crippen LogP contribution is 2.18. The van der Waals surface area contributed by atoms with E-state index in [-0.39, 0.29) is 18.4 Å². The molecule has 23 heavy (non-hydrogen) atoms. The van der Waals surface area contributed by atoms with E-state index in [1.807, 2.05) is 31.2 Å². The molecule has 0 saturated heterocycles. The van der Waals surface area contributed by atoms with E-state index in [0.29, 0.717) is 6.61 Å². The summed E-state index contributed by atoms with van der Waals surface area (Å²) in [5.41, 5.74) is 0.835. The number of nitrogens with one attached hydrogen (secondary N) is 1. The van der Waals surface area contributed by atoms with E-state index in [1.54, 1.807) is 6.92 Å². The van der Waals surface area contributed by atoms with Crippen molar-refractivity contribution in [1.82, 2.24) is 5.32 Å². The van der Waals surface area contributed by atoms with Crippen molar-refractivity contribution < 1.29 is 19.1 Å². The average molecular weight is 319 g/mol. The van der Waals surface area contributed by atoms with E-state index in [2.05, 4.69) is 5.32 Å². The highest BCUT2D eigenvalue weighted by molar-refractivity contribution is 5.84. The Morgan fingerprint density at radius 3 is 2.48 bits per heavy atom. The summed E-state index contributed by atoms with van der Waals surface area (Å²) >= 11 is 0. The van der Waals surface area contributed by atoms with Crippen LogP contribution in [-0.2, 0) is 20.7 Å². The van der Waals surface area contributed by atoms with Crippen LogP contribution in [0.5, 0.6) is 5.75 Å². The van der Waals surface area contributed by atoms with Crippen LogP contribution in [0.3, 0.4) is 0 Å². The summed E-state index contributed by atoms with van der Waals surface area (Å²) in [4.78, 5) is 23.9. The molecular weight excluding hydrogens is 294 g/mol. The third-order valence-electron chi connectivity index (χ3n) is 3.96. The van der Waals surface area contributed by atoms with Crippen molar-refractivity contribution in [2.75, 3.05) is 6.61 Å². The number of carbonyl (C=O) groups is 2. The summed E-state index contributed by atoms with van der Waals surface area (Å²) in [5, 5.41) is 2.94. The number of carbonyl (C=O) groups excluding carboxylic acids is 2. The smallest absolute Gasteiger partial charge is 0.311 e. The van der Waals surface area contributed by atoms with Gasteiger partial charge >= 0.3 is 5.97 Å². The van der Waals surface area contributed by atoms with Crippen LogP contribution in [-0.4, -0.2) is 30.6 Å². The summed E-state index contributed by atoms with van der Waals surface area (Å²) in [7, 11) is 0. The molecule has 5 nitrogen and oxygen atoms in total. The van der Waals surface area contributed by atoms with Crippen LogP contribution in [0.1, 0.15) is 45.1 Å². The van der Waals surface area contributed by atoms with Gasteiger partial charge in [-0.2, -0.15) is 0 Å². The van der Waals surface area contributed by atoms with Crippen molar-refractivity contribution >= 4 is 11.9 Å². The molecule has 1 fully saturated rings. The normalized spacial score (nSPS) is 15.9. The lowest BCUT2D eigenvalue weighted by Gasteiger charge is -2.17. The molecule has 5 heteroatoms. The summed E-state index contributed by atoms with van der Waals surface area (Å²) < 4.78 is 10.6. The predicted molar refractivity (Wildman–Crippen MR) is 87.3 cm³/mol. The van der Waals surface area contributed by atoms with Gasteiger partial charge in [0.05, 0.1) is 13.0 Å². The Hall–Kier alpha value is -2.04. The van der Waals surface area contributed by atoms with Gasteiger partial charge in [-0.05, 0) is 44.4 Å². The van der Waals surface area contributed by atoms with Crippen LogP contribution in [0.15, 0.2) is 24.3 Å². The molecule has 0 aromatic heterocycles. The van der Waals surface area contributed by atoms with Gasteiger partial charge in [-0.15, -0.1) is 0 Å². The van der Waals surface area contributed by atoms with Gasteiger partial charge in [0.25, 0.3) is 5.91 Å². The summed E-state index contributed by atoms with van der Waals surface area (Å²) in [6, 6.07) is 7.53. The molecule has 126 valence electrons. The lowest BCUT2D eigenvalue weighted by molar-refractivity contribution is -0.154. The standard InChI is InChI=1S/C18H25NO4/c1-3-22-16-10-8-14(9-11-16)12-17(20)23-13(2)18(21)19-15-6-4-5-7-15/h8-11,13,15H,3-7,12H2,1-2H3,(H,19,21)/t13-/m0/s1. The molecule has 1 atom stereocenters. The molecule has 1 aromatic carbocycles. The van der Waals surface area contributed by atoms with Gasteiger partial charge in [0, 0.05) is 6.04 Å². The number of hydrogen-bond donors (Lipinski definition) is 1. The minimum atomic E-state index is -0.759. The Morgan fingerprint density at radius 1 is 1.22 bits per heavy atom. The van der Waals surface area contributed by atoms with Gasteiger partial charge in [0.2, 0.25) is 0 Å². The van der Waals surface area contributed by atoms with E-state index >= 15 is 0 Å². The van der Waals surface area contributed by atoms with Crippen LogP contribution < -0.4 is 10.1 Å². The number of ether oxygens (including phenoxy) is 2. The van der Waals surface area contributed by atoms with Gasteiger partial charge in [0.1, 0.15) is 5.75 Å². The van der Waals surface area contributed by atoms with E-state index in [1.165, 1.54) is 0 Å². The molecule has 2 rings (SSSR count). The molecule has 1 aliphatic carbocycles. The Labute approximate surface area is 137 Å². The van der Waals surface area contributed by atoms with Crippen molar-refractivity contribution in [3.63, 3.8) is 0 Å². The first-order chi connectivity index (χ1) is 11.1. The zero-order valence-corrected chi connectivity index (χ0v) is 13.8. The van der Waals surface area contributed by atoms with Crippen LogP contribution in [0.25, 0.3) is 0 Å². The zero-order chi connectivity index (χ0) is 16.7. The quantitative estimate of drug-likeness (QED) is 0.785. The van der Waals surface area contributed by atoms with Crippen LogP contribution in [0.2, 0.25) is 0 Å². The van der Waals surface area contributed by atoms with Gasteiger partial charge in [0.15, 0.2) is 6.10 Å². The third-order valence-corrected chi connectivity index (χ3v) is 3.96. The molecule has 1 aromatic rings. The first kappa shape index (κ1) is 17.3. The molecule has 0 bridgehead atoms. The molecule has 0 aliphatic heterocycles. The Kier molecular flexibility index (Phi) is 6.44. The molecule has 0 unspecified atom stereocenters. The number of amides is 1. The number of benzene rings is 1. The maximum absolute atomic E-state index is 12.0. The fourth-order valence-electron chi connectivity index (χ4n) is 2.72. The number of rotatable bonds is 7. The molecule has 0 heterocycles. The van der Waals surface area contributed by atoms with Crippen molar-refractivity contribution in [1.29, 1.82) is 0 Å². The van der Waals surface area contributed by atoms with Crippen molar-refractivity contribution in [2.45, 2.75) is 58.1 Å². The largest absolute Gasteiger partial charge is 0.494 e. The molecular formula is C18H25NO4. The molecule has 0 radical (unpaired) electrons. The van der Waals surface area contributed by atoms with E-state index in [0.717, 1.165) is 37.0 Å². The minimum Gasteiger partial charge on any atom is -0.494 e. The lowest BCUT2D eigenvalue weighted by Crippen LogP contribution is -2.41. The van der Waals surface area contributed by atoms with Crippen LogP contribution in [0, 0.1) is 0 Å². The van der Waals surface area contributed by atoms with E-state index in [4.69, 9.17) is 9.47 Å². The maximum Gasteiger partial charge on any atom is 0.311 e. The molecule has 1 saturated carbocycles. The molecule has 1 aliphatic rings. The summed E-state index contributed by atoms with van der Waals surface area (Å²) in [6.45, 7) is 4.14. The Bertz CT molecular complexity index is 520. The monoisotopic (exact) mass is 319 g/mol. The maximum atomic E-state index is 12.0. The van der Waals surface area contributed by atoms with E-state index in [9.17, 15) is 9.59 Å². The second-order valence-corrected chi connectivity index (χ2v) is 5.88. The third kappa shape index (κ3) is 5.58. The Morgan fingerprint density at radius 2 is 1.87 bits per heavy atom. The van der Waals surface area contributed by atoms with Gasteiger partial charge in [-0.3, -0.25) is 9.59 Å². The second-order valence-electron chi connectivity index (χ2n) is 5.88. The molecule has 1 amide bonds. The van der Waals surface area contributed by atoms with E-state index < -0.39 is 12.1 Å². The summed E-state index contributed by atoms with van der Waals surface area (Å²) in [6.07, 6.45) is 3.71. The van der Waals surface area contributed by atoms with Crippen molar-refractivity contribution in [2.24, 2.45) is 0 Å². The minimum absolute atomic E-state index is 0.146. The molecule has 0 spiro atoms. The van der Waals surface area contributed by atoms with Crippen LogP contribution in [0.4, 0.5) is 0 Å². The highest BCUT2D eigenvalue weighted by Gasteiger charge is 2.23. The first-order valence-electron chi connectivity index (χ1n) is 8.30. The molecule has 1 N–H and O–H groups in total. The SMILES string of the molecule is CCOc1ccc(CC(=O)O[C@@H](C)C(=O)NC2CCCC2)cc1. The van der Waals surface area contributed by atoms with Gasteiger partial charge in [-0.25, -0.2) is 0 Å². The van der Waals surface area contributed by atoms with Gasteiger partial charge in [-0.1, -0.05) is 25.0 Å². The second kappa shape index (κ2) is 8.56. The van der Waals surface area contributed by atoms with Crippen molar-refractivity contribution in [3.05, 3.63) is 29.8 Å². The zero-order valence-electron chi connectivity index (χ0n) is 13.8. The predicted octanol–water partition coefficient (Wildman–Crippen LogP) is 2.62. The fourth-order valence-corrected chi connectivity index (χ4v) is 2.72. The van der Waals surface area contributed by atoms with Gasteiger partial charge < -0.3 is 14.8 Å². The number of esters is 1. The Balaban J connectivity index is 1.77. The van der Waals surface area contributed by atoms with Crippen LogP contribution >= 0.6 is 0 Å². The summed E-state index contributed by atoms with van der Waals surface area (Å²) in [5.74, 6) is 0.161. The van der Waals surface area contributed by atoms with Crippen molar-refractivity contribution in [3.8, 4) is 5.75 Å².